The van der Waals surface area contributed by atoms with Gasteiger partial charge in [-0.3, -0.25) is 9.69 Å². The van der Waals surface area contributed by atoms with Crippen molar-refractivity contribution in [3.8, 4) is 0 Å². The first-order chi connectivity index (χ1) is 15.2. The lowest BCUT2D eigenvalue weighted by atomic mass is 10.1. The van der Waals surface area contributed by atoms with Gasteiger partial charge < -0.3 is 4.57 Å². The van der Waals surface area contributed by atoms with Gasteiger partial charge in [-0.05, 0) is 58.2 Å². The third-order valence-electron chi connectivity index (χ3n) is 7.12. The van der Waals surface area contributed by atoms with Crippen molar-refractivity contribution in [1.29, 1.82) is 0 Å². The Hall–Kier alpha value is -1.96. The third kappa shape index (κ3) is 4.43. The maximum absolute atomic E-state index is 13.1. The van der Waals surface area contributed by atoms with Crippen LogP contribution in [0.2, 0.25) is 0 Å². The lowest BCUT2D eigenvalue weighted by Crippen LogP contribution is -2.49. The van der Waals surface area contributed by atoms with Gasteiger partial charge in [0.05, 0.1) is 11.4 Å². The second kappa shape index (κ2) is 9.12. The maximum Gasteiger partial charge on any atom is 0.243 e. The van der Waals surface area contributed by atoms with Crippen molar-refractivity contribution in [1.82, 2.24) is 13.8 Å². The second-order valence-electron chi connectivity index (χ2n) is 9.47. The molecule has 0 bridgehead atoms. The third-order valence-corrected chi connectivity index (χ3v) is 9.18. The molecule has 0 atom stereocenters. The first kappa shape index (κ1) is 23.2. The molecule has 1 aliphatic heterocycles. The molecule has 32 heavy (non-hydrogen) atoms. The van der Waals surface area contributed by atoms with Gasteiger partial charge in [-0.2, -0.15) is 4.31 Å². The molecule has 2 aliphatic rings. The average molecular weight is 458 g/mol. The zero-order valence-electron chi connectivity index (χ0n) is 19.7. The first-order valence-electron chi connectivity index (χ1n) is 11.7. The highest BCUT2D eigenvalue weighted by molar-refractivity contribution is 7.89. The molecule has 0 amide bonds. The summed E-state index contributed by atoms with van der Waals surface area (Å²) in [5.74, 6) is 0.132. The molecule has 1 aromatic heterocycles. The smallest absolute Gasteiger partial charge is 0.243 e. The van der Waals surface area contributed by atoms with Gasteiger partial charge in [0.1, 0.15) is 0 Å². The predicted octanol–water partition coefficient (Wildman–Crippen LogP) is 4.03. The highest BCUT2D eigenvalue weighted by Gasteiger charge is 2.31. The van der Waals surface area contributed by atoms with E-state index in [1.807, 2.05) is 32.0 Å². The van der Waals surface area contributed by atoms with Gasteiger partial charge in [0.15, 0.2) is 5.78 Å². The van der Waals surface area contributed by atoms with E-state index in [9.17, 15) is 13.2 Å². The Kier molecular flexibility index (Phi) is 6.61. The zero-order chi connectivity index (χ0) is 23.0. The van der Waals surface area contributed by atoms with Crippen LogP contribution >= 0.6 is 0 Å². The molecule has 7 heteroatoms. The number of benzene rings is 1. The summed E-state index contributed by atoms with van der Waals surface area (Å²) in [6.07, 6.45) is 4.92. The molecule has 1 saturated heterocycles. The highest BCUT2D eigenvalue weighted by Crippen LogP contribution is 2.33. The molecular formula is C25H35N3O3S. The van der Waals surface area contributed by atoms with Crippen LogP contribution in [0, 0.1) is 27.7 Å². The van der Waals surface area contributed by atoms with Crippen LogP contribution in [0.4, 0.5) is 0 Å². The average Bonchev–Trinajstić information content (AvgIpc) is 3.35. The van der Waals surface area contributed by atoms with E-state index in [0.717, 1.165) is 22.4 Å². The minimum Gasteiger partial charge on any atom is -0.345 e. The Morgan fingerprint density at radius 3 is 2.25 bits per heavy atom. The number of aryl methyl sites for hydroxylation is 3. The molecule has 1 aromatic carbocycles. The number of aromatic nitrogens is 1. The van der Waals surface area contributed by atoms with E-state index in [4.69, 9.17) is 0 Å². The minimum atomic E-state index is -3.51. The molecule has 4 rings (SSSR count). The van der Waals surface area contributed by atoms with Crippen molar-refractivity contribution in [3.05, 3.63) is 52.3 Å². The lowest BCUT2D eigenvalue weighted by molar-refractivity contribution is 0.0901. The number of nitrogens with zero attached hydrogens (tertiary/aromatic N) is 3. The monoisotopic (exact) mass is 457 g/mol. The molecule has 1 saturated carbocycles. The summed E-state index contributed by atoms with van der Waals surface area (Å²) >= 11 is 0. The largest absolute Gasteiger partial charge is 0.345 e. The molecule has 0 unspecified atom stereocenters. The van der Waals surface area contributed by atoms with Crippen LogP contribution in [0.1, 0.15) is 64.6 Å². The van der Waals surface area contributed by atoms with Gasteiger partial charge in [0.25, 0.3) is 0 Å². The number of carbonyl (C=O) groups excluding carboxylic acids is 1. The number of hydrogen-bond donors (Lipinski definition) is 0. The van der Waals surface area contributed by atoms with E-state index < -0.39 is 10.0 Å². The Bertz CT molecular complexity index is 1110. The van der Waals surface area contributed by atoms with Crippen LogP contribution in [-0.2, 0) is 10.0 Å². The van der Waals surface area contributed by atoms with Gasteiger partial charge in [-0.15, -0.1) is 0 Å². The molecule has 2 aromatic rings. The van der Waals surface area contributed by atoms with E-state index >= 15 is 0 Å². The SMILES string of the molecule is Cc1ccc(S(=O)(=O)N2CCN(CC(=O)c3cc(C)n(C4CCCC4)c3C)CC2)c(C)c1. The van der Waals surface area contributed by atoms with E-state index in [1.54, 1.807) is 10.4 Å². The van der Waals surface area contributed by atoms with Crippen LogP contribution < -0.4 is 0 Å². The Morgan fingerprint density at radius 1 is 0.969 bits per heavy atom. The van der Waals surface area contributed by atoms with Crippen molar-refractivity contribution in [3.63, 3.8) is 0 Å². The Morgan fingerprint density at radius 2 is 1.62 bits per heavy atom. The molecule has 0 spiro atoms. The molecule has 1 aliphatic carbocycles. The molecule has 2 heterocycles. The van der Waals surface area contributed by atoms with E-state index in [-0.39, 0.29) is 5.78 Å². The van der Waals surface area contributed by atoms with E-state index in [1.165, 1.54) is 31.4 Å². The summed E-state index contributed by atoms with van der Waals surface area (Å²) in [7, 11) is -3.51. The number of rotatable bonds is 6. The normalized spacial score (nSPS) is 19.0. The van der Waals surface area contributed by atoms with Crippen molar-refractivity contribution >= 4 is 15.8 Å². The topological polar surface area (TPSA) is 62.6 Å². The fourth-order valence-electron chi connectivity index (χ4n) is 5.43. The fraction of sp³-hybridized carbons (Fsp3) is 0.560. The molecule has 2 fully saturated rings. The summed E-state index contributed by atoms with van der Waals surface area (Å²) in [6.45, 7) is 10.3. The molecule has 174 valence electrons. The number of sulfonamides is 1. The number of carbonyl (C=O) groups is 1. The number of piperazine rings is 1. The standard InChI is InChI=1S/C25H35N3O3S/c1-18-9-10-25(19(2)15-18)32(30,31)27-13-11-26(12-14-27)17-24(29)23-16-20(3)28(21(23)4)22-7-5-6-8-22/h9-10,15-16,22H,5-8,11-14,17H2,1-4H3. The van der Waals surface area contributed by atoms with Crippen LogP contribution in [0.15, 0.2) is 29.2 Å². The van der Waals surface area contributed by atoms with Crippen molar-refractivity contribution < 1.29 is 13.2 Å². The van der Waals surface area contributed by atoms with Gasteiger partial charge in [0.2, 0.25) is 10.0 Å². The van der Waals surface area contributed by atoms with Crippen LogP contribution in [0.3, 0.4) is 0 Å². The molecule has 0 N–H and O–H groups in total. The molecule has 0 radical (unpaired) electrons. The van der Waals surface area contributed by atoms with Crippen molar-refractivity contribution in [2.45, 2.75) is 64.3 Å². The highest BCUT2D eigenvalue weighted by atomic mass is 32.2. The predicted molar refractivity (Wildman–Crippen MR) is 127 cm³/mol. The van der Waals surface area contributed by atoms with Gasteiger partial charge >= 0.3 is 0 Å². The quantitative estimate of drug-likeness (QED) is 0.615. The summed E-state index contributed by atoms with van der Waals surface area (Å²) in [4.78, 5) is 15.6. The van der Waals surface area contributed by atoms with Crippen molar-refractivity contribution in [2.75, 3.05) is 32.7 Å². The first-order valence-corrected chi connectivity index (χ1v) is 13.1. The molecular weight excluding hydrogens is 422 g/mol. The minimum absolute atomic E-state index is 0.132. The van der Waals surface area contributed by atoms with Crippen LogP contribution in [0.5, 0.6) is 0 Å². The maximum atomic E-state index is 13.1. The summed E-state index contributed by atoms with van der Waals surface area (Å²) in [5.41, 5.74) is 4.90. The van der Waals surface area contributed by atoms with Crippen molar-refractivity contribution in [2.24, 2.45) is 0 Å². The van der Waals surface area contributed by atoms with Gasteiger partial charge in [-0.25, -0.2) is 8.42 Å². The van der Waals surface area contributed by atoms with E-state index in [2.05, 4.69) is 23.3 Å². The van der Waals surface area contributed by atoms with Crippen LogP contribution in [0.25, 0.3) is 0 Å². The van der Waals surface area contributed by atoms with Gasteiger partial charge in [-0.1, -0.05) is 30.5 Å². The lowest BCUT2D eigenvalue weighted by Gasteiger charge is -2.33. The molecule has 6 nitrogen and oxygen atoms in total. The fourth-order valence-corrected chi connectivity index (χ4v) is 7.06. The zero-order valence-corrected chi connectivity index (χ0v) is 20.5. The summed E-state index contributed by atoms with van der Waals surface area (Å²) < 4.78 is 30.1. The number of ketones is 1. The Labute approximate surface area is 192 Å². The summed E-state index contributed by atoms with van der Waals surface area (Å²) in [6, 6.07) is 8.02. The van der Waals surface area contributed by atoms with Gasteiger partial charge in [0, 0.05) is 49.2 Å². The Balaban J connectivity index is 1.40. The van der Waals surface area contributed by atoms with Crippen LogP contribution in [-0.4, -0.2) is 60.7 Å². The second-order valence-corrected chi connectivity index (χ2v) is 11.4. The number of Topliss-reactive ketones (excluding diaryl/α,β-unsaturated/α-hetero) is 1. The number of hydrogen-bond acceptors (Lipinski definition) is 4. The van der Waals surface area contributed by atoms with E-state index in [0.29, 0.717) is 43.7 Å². The summed E-state index contributed by atoms with van der Waals surface area (Å²) in [5, 5.41) is 0.